The quantitative estimate of drug-likeness (QED) is 0.881. The lowest BCUT2D eigenvalue weighted by molar-refractivity contribution is 0.355. The summed E-state index contributed by atoms with van der Waals surface area (Å²) in [4.78, 5) is 4.13. The Balaban J connectivity index is 2.42. The second kappa shape index (κ2) is 4.74. The maximum Gasteiger partial charge on any atom is 0.161 e. The molecule has 1 heterocycles. The highest BCUT2D eigenvalue weighted by Crippen LogP contribution is 2.31. The minimum absolute atomic E-state index is 0.147. The third kappa shape index (κ3) is 2.30. The Morgan fingerprint density at radius 2 is 1.76 bits per heavy atom. The summed E-state index contributed by atoms with van der Waals surface area (Å²) in [6.45, 7) is 0. The largest absolute Gasteiger partial charge is 0.506 e. The fourth-order valence-electron chi connectivity index (χ4n) is 1.55. The summed E-state index contributed by atoms with van der Waals surface area (Å²) in [5, 5.41) is 9.18. The van der Waals surface area contributed by atoms with Gasteiger partial charge in [0, 0.05) is 5.56 Å². The molecule has 0 amide bonds. The molecule has 0 radical (unpaired) electrons. The van der Waals surface area contributed by atoms with Gasteiger partial charge >= 0.3 is 0 Å². The first-order valence-electron chi connectivity index (χ1n) is 5.12. The van der Waals surface area contributed by atoms with Crippen LogP contribution in [0.15, 0.2) is 36.5 Å². The second-order valence-electron chi connectivity index (χ2n) is 3.47. The maximum atomic E-state index is 9.18. The van der Waals surface area contributed by atoms with Crippen LogP contribution in [0.1, 0.15) is 0 Å². The number of aromatic nitrogens is 1. The van der Waals surface area contributed by atoms with Crippen molar-refractivity contribution < 1.29 is 14.6 Å². The van der Waals surface area contributed by atoms with E-state index < -0.39 is 0 Å². The van der Waals surface area contributed by atoms with Gasteiger partial charge in [-0.3, -0.25) is 4.98 Å². The Kier molecular flexibility index (Phi) is 3.14. The SMILES string of the molecule is COc1ccc(-c2ccc(O)cn2)cc1OC. The Morgan fingerprint density at radius 1 is 1.00 bits per heavy atom. The molecule has 2 rings (SSSR count). The number of hydrogen-bond donors (Lipinski definition) is 1. The van der Waals surface area contributed by atoms with Gasteiger partial charge in [0.2, 0.25) is 0 Å². The number of methoxy groups -OCH3 is 2. The van der Waals surface area contributed by atoms with Crippen LogP contribution in [0, 0.1) is 0 Å². The average molecular weight is 231 g/mol. The molecule has 1 aromatic heterocycles. The van der Waals surface area contributed by atoms with Crippen molar-refractivity contribution in [1.29, 1.82) is 0 Å². The molecule has 1 N–H and O–H groups in total. The van der Waals surface area contributed by atoms with E-state index in [9.17, 15) is 5.11 Å². The van der Waals surface area contributed by atoms with Gasteiger partial charge in [-0.05, 0) is 30.3 Å². The Hall–Kier alpha value is -2.23. The molecule has 0 saturated heterocycles. The van der Waals surface area contributed by atoms with Gasteiger partial charge in [0.05, 0.1) is 26.1 Å². The van der Waals surface area contributed by atoms with Crippen molar-refractivity contribution in [2.24, 2.45) is 0 Å². The molecule has 4 nitrogen and oxygen atoms in total. The van der Waals surface area contributed by atoms with Gasteiger partial charge in [0.25, 0.3) is 0 Å². The Labute approximate surface area is 99.5 Å². The summed E-state index contributed by atoms with van der Waals surface area (Å²) in [5.74, 6) is 1.48. The van der Waals surface area contributed by atoms with Crippen LogP contribution >= 0.6 is 0 Å². The Morgan fingerprint density at radius 3 is 2.35 bits per heavy atom. The number of hydrogen-bond acceptors (Lipinski definition) is 4. The lowest BCUT2D eigenvalue weighted by atomic mass is 10.1. The van der Waals surface area contributed by atoms with Crippen LogP contribution < -0.4 is 9.47 Å². The van der Waals surface area contributed by atoms with Crippen molar-refractivity contribution in [3.05, 3.63) is 36.5 Å². The van der Waals surface area contributed by atoms with E-state index in [1.54, 1.807) is 26.4 Å². The number of rotatable bonds is 3. The van der Waals surface area contributed by atoms with Crippen LogP contribution in [-0.2, 0) is 0 Å². The van der Waals surface area contributed by atoms with Gasteiger partial charge in [0.1, 0.15) is 5.75 Å². The molecular formula is C13H13NO3. The summed E-state index contributed by atoms with van der Waals surface area (Å²) in [6.07, 6.45) is 1.41. The molecular weight excluding hydrogens is 218 g/mol. The molecule has 0 aliphatic heterocycles. The summed E-state index contributed by atoms with van der Waals surface area (Å²) < 4.78 is 10.4. The van der Waals surface area contributed by atoms with Gasteiger partial charge in [-0.25, -0.2) is 0 Å². The van der Waals surface area contributed by atoms with E-state index in [-0.39, 0.29) is 5.75 Å². The number of nitrogens with zero attached hydrogens (tertiary/aromatic N) is 1. The van der Waals surface area contributed by atoms with Gasteiger partial charge in [0.15, 0.2) is 11.5 Å². The van der Waals surface area contributed by atoms with Crippen LogP contribution in [0.4, 0.5) is 0 Å². The van der Waals surface area contributed by atoms with E-state index >= 15 is 0 Å². The van der Waals surface area contributed by atoms with Crippen molar-refractivity contribution in [3.8, 4) is 28.5 Å². The second-order valence-corrected chi connectivity index (χ2v) is 3.47. The maximum absolute atomic E-state index is 9.18. The van der Waals surface area contributed by atoms with Crippen molar-refractivity contribution in [1.82, 2.24) is 4.98 Å². The van der Waals surface area contributed by atoms with Crippen molar-refractivity contribution >= 4 is 0 Å². The summed E-state index contributed by atoms with van der Waals surface area (Å²) >= 11 is 0. The predicted molar refractivity (Wildman–Crippen MR) is 64.4 cm³/mol. The molecule has 0 aliphatic rings. The highest BCUT2D eigenvalue weighted by molar-refractivity contribution is 5.64. The minimum Gasteiger partial charge on any atom is -0.506 e. The number of benzene rings is 1. The van der Waals surface area contributed by atoms with E-state index in [0.29, 0.717) is 11.5 Å². The zero-order valence-corrected chi connectivity index (χ0v) is 9.68. The molecule has 88 valence electrons. The van der Waals surface area contributed by atoms with Crippen LogP contribution in [0.3, 0.4) is 0 Å². The van der Waals surface area contributed by atoms with Gasteiger partial charge in [-0.1, -0.05) is 0 Å². The lowest BCUT2D eigenvalue weighted by Gasteiger charge is -2.09. The van der Waals surface area contributed by atoms with Gasteiger partial charge in [-0.2, -0.15) is 0 Å². The van der Waals surface area contributed by atoms with E-state index in [2.05, 4.69) is 4.98 Å². The van der Waals surface area contributed by atoms with Crippen molar-refractivity contribution in [3.63, 3.8) is 0 Å². The molecule has 2 aromatic rings. The first-order chi connectivity index (χ1) is 8.24. The van der Waals surface area contributed by atoms with E-state index in [4.69, 9.17) is 9.47 Å². The fraction of sp³-hybridized carbons (Fsp3) is 0.154. The Bertz CT molecular complexity index is 509. The molecule has 0 aliphatic carbocycles. The first-order valence-corrected chi connectivity index (χ1v) is 5.12. The summed E-state index contributed by atoms with van der Waals surface area (Å²) in [7, 11) is 3.18. The van der Waals surface area contributed by atoms with E-state index in [1.807, 2.05) is 18.2 Å². The molecule has 4 heteroatoms. The zero-order chi connectivity index (χ0) is 12.3. The summed E-state index contributed by atoms with van der Waals surface area (Å²) in [5.41, 5.74) is 1.67. The molecule has 0 spiro atoms. The van der Waals surface area contributed by atoms with Crippen LogP contribution in [0.25, 0.3) is 11.3 Å². The third-order valence-corrected chi connectivity index (χ3v) is 2.43. The standard InChI is InChI=1S/C13H13NO3/c1-16-12-6-3-9(7-13(12)17-2)11-5-4-10(15)8-14-11/h3-8,15H,1-2H3. The zero-order valence-electron chi connectivity index (χ0n) is 9.68. The average Bonchev–Trinajstić information content (AvgIpc) is 2.39. The molecule has 0 bridgehead atoms. The highest BCUT2D eigenvalue weighted by atomic mass is 16.5. The third-order valence-electron chi connectivity index (χ3n) is 2.43. The van der Waals surface area contributed by atoms with Crippen molar-refractivity contribution in [2.75, 3.05) is 14.2 Å². The monoisotopic (exact) mass is 231 g/mol. The fourth-order valence-corrected chi connectivity index (χ4v) is 1.55. The lowest BCUT2D eigenvalue weighted by Crippen LogP contribution is -1.91. The van der Waals surface area contributed by atoms with Crippen LogP contribution in [-0.4, -0.2) is 24.3 Å². The molecule has 17 heavy (non-hydrogen) atoms. The van der Waals surface area contributed by atoms with E-state index in [1.165, 1.54) is 6.20 Å². The normalized spacial score (nSPS) is 10.0. The molecule has 0 fully saturated rings. The number of ether oxygens (including phenoxy) is 2. The topological polar surface area (TPSA) is 51.6 Å². The van der Waals surface area contributed by atoms with Crippen LogP contribution in [0.5, 0.6) is 17.2 Å². The molecule has 0 saturated carbocycles. The predicted octanol–water partition coefficient (Wildman–Crippen LogP) is 2.47. The van der Waals surface area contributed by atoms with Crippen LogP contribution in [0.2, 0.25) is 0 Å². The highest BCUT2D eigenvalue weighted by Gasteiger charge is 2.06. The minimum atomic E-state index is 0.147. The number of aromatic hydroxyl groups is 1. The molecule has 0 atom stereocenters. The summed E-state index contributed by atoms with van der Waals surface area (Å²) in [6, 6.07) is 8.90. The van der Waals surface area contributed by atoms with Crippen molar-refractivity contribution in [2.45, 2.75) is 0 Å². The number of pyridine rings is 1. The van der Waals surface area contributed by atoms with Gasteiger partial charge in [-0.15, -0.1) is 0 Å². The molecule has 0 unspecified atom stereocenters. The van der Waals surface area contributed by atoms with E-state index in [0.717, 1.165) is 11.3 Å². The van der Waals surface area contributed by atoms with Gasteiger partial charge < -0.3 is 14.6 Å². The molecule has 1 aromatic carbocycles. The smallest absolute Gasteiger partial charge is 0.161 e. The first kappa shape index (κ1) is 11.3.